The van der Waals surface area contributed by atoms with Crippen LogP contribution >= 0.6 is 0 Å². The van der Waals surface area contributed by atoms with Crippen molar-refractivity contribution in [1.82, 2.24) is 5.32 Å². The molecule has 116 valence electrons. The van der Waals surface area contributed by atoms with E-state index in [9.17, 15) is 10.1 Å². The van der Waals surface area contributed by atoms with Gasteiger partial charge < -0.3 is 15.4 Å². The van der Waals surface area contributed by atoms with Gasteiger partial charge >= 0.3 is 0 Å². The van der Waals surface area contributed by atoms with Crippen molar-refractivity contribution in [2.45, 2.75) is 6.54 Å². The number of anilines is 1. The summed E-state index contributed by atoms with van der Waals surface area (Å²) in [6.45, 7) is 2.32. The van der Waals surface area contributed by atoms with Crippen LogP contribution in [-0.4, -0.2) is 25.1 Å². The van der Waals surface area contributed by atoms with E-state index in [1.165, 1.54) is 17.7 Å². The largest absolute Gasteiger partial charge is 0.497 e. The van der Waals surface area contributed by atoms with Crippen LogP contribution in [0.15, 0.2) is 48.5 Å². The van der Waals surface area contributed by atoms with Crippen molar-refractivity contribution in [2.75, 3.05) is 25.5 Å². The first-order chi connectivity index (χ1) is 10.7. The summed E-state index contributed by atoms with van der Waals surface area (Å²) in [7, 11) is 1.65. The normalized spacial score (nSPS) is 10.2. The molecule has 0 spiro atoms. The van der Waals surface area contributed by atoms with Crippen LogP contribution in [0.4, 0.5) is 11.4 Å². The fourth-order valence-corrected chi connectivity index (χ4v) is 1.97. The number of nitro benzene ring substituents is 1. The fourth-order valence-electron chi connectivity index (χ4n) is 1.97. The maximum absolute atomic E-state index is 10.6. The van der Waals surface area contributed by atoms with Gasteiger partial charge in [0, 0.05) is 37.5 Å². The summed E-state index contributed by atoms with van der Waals surface area (Å²) in [5.74, 6) is 0.851. The number of non-ortho nitro benzene ring substituents is 1. The molecule has 0 fully saturated rings. The molecule has 6 heteroatoms. The number of nitrogens with one attached hydrogen (secondary N) is 2. The van der Waals surface area contributed by atoms with Crippen molar-refractivity contribution in [3.63, 3.8) is 0 Å². The fraction of sp³-hybridized carbons (Fsp3) is 0.250. The zero-order valence-electron chi connectivity index (χ0n) is 12.4. The Kier molecular flexibility index (Phi) is 5.73. The van der Waals surface area contributed by atoms with Gasteiger partial charge in [0.15, 0.2) is 0 Å². The van der Waals surface area contributed by atoms with E-state index >= 15 is 0 Å². The van der Waals surface area contributed by atoms with Gasteiger partial charge in [0.05, 0.1) is 12.0 Å². The average molecular weight is 301 g/mol. The monoisotopic (exact) mass is 301 g/mol. The minimum atomic E-state index is -0.403. The van der Waals surface area contributed by atoms with E-state index in [-0.39, 0.29) is 5.69 Å². The lowest BCUT2D eigenvalue weighted by Crippen LogP contribution is -2.21. The first-order valence-corrected chi connectivity index (χ1v) is 7.01. The van der Waals surface area contributed by atoms with Gasteiger partial charge in [-0.25, -0.2) is 0 Å². The van der Waals surface area contributed by atoms with Gasteiger partial charge in [-0.05, 0) is 29.8 Å². The molecule has 0 radical (unpaired) electrons. The van der Waals surface area contributed by atoms with Gasteiger partial charge in [0.2, 0.25) is 0 Å². The maximum Gasteiger partial charge on any atom is 0.269 e. The third-order valence-corrected chi connectivity index (χ3v) is 3.20. The minimum Gasteiger partial charge on any atom is -0.497 e. The van der Waals surface area contributed by atoms with Gasteiger partial charge in [0.25, 0.3) is 5.69 Å². The standard InChI is InChI=1S/C16H19N3O3/c1-22-16-8-2-13(3-9-16)12-17-10-11-18-14-4-6-15(7-5-14)19(20)21/h2-9,17-18H,10-12H2,1H3. The van der Waals surface area contributed by atoms with Crippen molar-refractivity contribution in [3.8, 4) is 5.75 Å². The lowest BCUT2D eigenvalue weighted by atomic mass is 10.2. The Labute approximate surface area is 129 Å². The summed E-state index contributed by atoms with van der Waals surface area (Å²) in [5.41, 5.74) is 2.16. The molecular formula is C16H19N3O3. The molecule has 2 N–H and O–H groups in total. The molecule has 6 nitrogen and oxygen atoms in total. The highest BCUT2D eigenvalue weighted by atomic mass is 16.6. The van der Waals surface area contributed by atoms with E-state index < -0.39 is 4.92 Å². The lowest BCUT2D eigenvalue weighted by molar-refractivity contribution is -0.384. The highest BCUT2D eigenvalue weighted by Crippen LogP contribution is 2.15. The highest BCUT2D eigenvalue weighted by molar-refractivity contribution is 5.48. The molecule has 0 amide bonds. The van der Waals surface area contributed by atoms with E-state index in [1.54, 1.807) is 19.2 Å². The molecular weight excluding hydrogens is 282 g/mol. The first-order valence-electron chi connectivity index (χ1n) is 7.01. The predicted octanol–water partition coefficient (Wildman–Crippen LogP) is 2.81. The molecule has 0 heterocycles. The molecule has 2 aromatic rings. The Morgan fingerprint density at radius 1 is 1.05 bits per heavy atom. The second-order valence-electron chi connectivity index (χ2n) is 4.76. The SMILES string of the molecule is COc1ccc(CNCCNc2ccc([N+](=O)[O-])cc2)cc1. The number of methoxy groups -OCH3 is 1. The van der Waals surface area contributed by atoms with Crippen molar-refractivity contribution in [3.05, 3.63) is 64.2 Å². The number of ether oxygens (including phenoxy) is 1. The average Bonchev–Trinajstić information content (AvgIpc) is 2.55. The first kappa shape index (κ1) is 15.8. The molecule has 0 aliphatic heterocycles. The van der Waals surface area contributed by atoms with Crippen LogP contribution in [0.3, 0.4) is 0 Å². The van der Waals surface area contributed by atoms with Gasteiger partial charge in [-0.1, -0.05) is 12.1 Å². The van der Waals surface area contributed by atoms with Crippen molar-refractivity contribution in [2.24, 2.45) is 0 Å². The molecule has 22 heavy (non-hydrogen) atoms. The Morgan fingerprint density at radius 3 is 2.32 bits per heavy atom. The van der Waals surface area contributed by atoms with Crippen molar-refractivity contribution >= 4 is 11.4 Å². The van der Waals surface area contributed by atoms with Crippen LogP contribution in [0, 0.1) is 10.1 Å². The van der Waals surface area contributed by atoms with Crippen LogP contribution < -0.4 is 15.4 Å². The van der Waals surface area contributed by atoms with Crippen molar-refractivity contribution in [1.29, 1.82) is 0 Å². The van der Waals surface area contributed by atoms with Gasteiger partial charge in [-0.15, -0.1) is 0 Å². The van der Waals surface area contributed by atoms with Gasteiger partial charge in [0.1, 0.15) is 5.75 Å². The van der Waals surface area contributed by atoms with E-state index in [1.807, 2.05) is 24.3 Å². The second kappa shape index (κ2) is 7.99. The number of hydrogen-bond acceptors (Lipinski definition) is 5. The Balaban J connectivity index is 1.67. The minimum absolute atomic E-state index is 0.100. The summed E-state index contributed by atoms with van der Waals surface area (Å²) in [6, 6.07) is 14.3. The molecule has 2 aromatic carbocycles. The highest BCUT2D eigenvalue weighted by Gasteiger charge is 2.03. The Morgan fingerprint density at radius 2 is 1.73 bits per heavy atom. The lowest BCUT2D eigenvalue weighted by Gasteiger charge is -2.08. The summed E-state index contributed by atoms with van der Waals surface area (Å²) in [6.07, 6.45) is 0. The molecule has 0 saturated carbocycles. The van der Waals surface area contributed by atoms with E-state index in [0.717, 1.165) is 31.1 Å². The van der Waals surface area contributed by atoms with E-state index in [2.05, 4.69) is 10.6 Å². The van der Waals surface area contributed by atoms with Gasteiger partial charge in [-0.3, -0.25) is 10.1 Å². The molecule has 0 aliphatic carbocycles. The maximum atomic E-state index is 10.6. The van der Waals surface area contributed by atoms with Gasteiger partial charge in [-0.2, -0.15) is 0 Å². The van der Waals surface area contributed by atoms with Crippen LogP contribution in [0.25, 0.3) is 0 Å². The summed E-state index contributed by atoms with van der Waals surface area (Å²) in [4.78, 5) is 10.2. The van der Waals surface area contributed by atoms with Crippen LogP contribution in [0.5, 0.6) is 5.75 Å². The van der Waals surface area contributed by atoms with Crippen LogP contribution in [-0.2, 0) is 6.54 Å². The summed E-state index contributed by atoms with van der Waals surface area (Å²) >= 11 is 0. The second-order valence-corrected chi connectivity index (χ2v) is 4.76. The predicted molar refractivity (Wildman–Crippen MR) is 86.3 cm³/mol. The molecule has 0 aliphatic rings. The number of benzene rings is 2. The molecule has 0 atom stereocenters. The van der Waals surface area contributed by atoms with E-state index in [0.29, 0.717) is 0 Å². The molecule has 2 rings (SSSR count). The third-order valence-electron chi connectivity index (χ3n) is 3.20. The summed E-state index contributed by atoms with van der Waals surface area (Å²) in [5, 5.41) is 17.1. The zero-order chi connectivity index (χ0) is 15.8. The number of rotatable bonds is 8. The zero-order valence-corrected chi connectivity index (χ0v) is 12.4. The van der Waals surface area contributed by atoms with Crippen LogP contribution in [0.2, 0.25) is 0 Å². The Hall–Kier alpha value is -2.60. The third kappa shape index (κ3) is 4.75. The number of nitro groups is 1. The number of hydrogen-bond donors (Lipinski definition) is 2. The molecule has 0 unspecified atom stereocenters. The number of nitrogens with zero attached hydrogens (tertiary/aromatic N) is 1. The quantitative estimate of drug-likeness (QED) is 0.445. The van der Waals surface area contributed by atoms with E-state index in [4.69, 9.17) is 4.74 Å². The van der Waals surface area contributed by atoms with Crippen LogP contribution in [0.1, 0.15) is 5.56 Å². The molecule has 0 saturated heterocycles. The molecule has 0 aromatic heterocycles. The topological polar surface area (TPSA) is 76.4 Å². The smallest absolute Gasteiger partial charge is 0.269 e. The van der Waals surface area contributed by atoms with Crippen molar-refractivity contribution < 1.29 is 9.66 Å². The Bertz CT molecular complexity index is 597. The molecule has 0 bridgehead atoms. The summed E-state index contributed by atoms with van der Waals surface area (Å²) < 4.78 is 5.11.